The average Bonchev–Trinajstić information content (AvgIpc) is 2.29. The summed E-state index contributed by atoms with van der Waals surface area (Å²) in [5.41, 5.74) is 0.0941. The van der Waals surface area contributed by atoms with E-state index >= 15 is 0 Å². The lowest BCUT2D eigenvalue weighted by Crippen LogP contribution is -2.07. The van der Waals surface area contributed by atoms with Crippen molar-refractivity contribution in [2.75, 3.05) is 13.7 Å². The van der Waals surface area contributed by atoms with E-state index in [2.05, 4.69) is 20.7 Å². The first-order chi connectivity index (χ1) is 7.60. The van der Waals surface area contributed by atoms with E-state index in [4.69, 9.17) is 4.74 Å². The first-order valence-electron chi connectivity index (χ1n) is 4.80. The quantitative estimate of drug-likeness (QED) is 0.799. The van der Waals surface area contributed by atoms with Crippen LogP contribution < -0.4 is 4.74 Å². The summed E-state index contributed by atoms with van der Waals surface area (Å²) in [7, 11) is 1.24. The van der Waals surface area contributed by atoms with Gasteiger partial charge in [0, 0.05) is 0 Å². The highest BCUT2D eigenvalue weighted by Crippen LogP contribution is 2.27. The lowest BCUT2D eigenvalue weighted by molar-refractivity contribution is 0.0595. The minimum Gasteiger partial charge on any atom is -0.493 e. The van der Waals surface area contributed by atoms with E-state index in [1.807, 2.05) is 6.92 Å². The highest BCUT2D eigenvalue weighted by Gasteiger charge is 2.16. The van der Waals surface area contributed by atoms with Crippen molar-refractivity contribution in [1.82, 2.24) is 0 Å². The van der Waals surface area contributed by atoms with Crippen molar-refractivity contribution < 1.29 is 18.7 Å². The second kappa shape index (κ2) is 5.84. The van der Waals surface area contributed by atoms with Gasteiger partial charge in [-0.25, -0.2) is 9.18 Å². The maximum atomic E-state index is 13.3. The summed E-state index contributed by atoms with van der Waals surface area (Å²) in [5, 5.41) is 0. The van der Waals surface area contributed by atoms with Gasteiger partial charge in [0.1, 0.15) is 17.1 Å². The minimum atomic E-state index is -0.613. The van der Waals surface area contributed by atoms with Crippen LogP contribution in [0.1, 0.15) is 23.7 Å². The summed E-state index contributed by atoms with van der Waals surface area (Å²) in [6.07, 6.45) is 0.801. The number of hydrogen-bond donors (Lipinski definition) is 0. The number of esters is 1. The molecule has 5 heteroatoms. The third-order valence-electron chi connectivity index (χ3n) is 1.89. The van der Waals surface area contributed by atoms with Crippen molar-refractivity contribution in [3.8, 4) is 5.75 Å². The van der Waals surface area contributed by atoms with Gasteiger partial charge in [-0.2, -0.15) is 0 Å². The molecule has 0 radical (unpaired) electrons. The van der Waals surface area contributed by atoms with E-state index in [9.17, 15) is 9.18 Å². The van der Waals surface area contributed by atoms with Crippen molar-refractivity contribution in [2.24, 2.45) is 0 Å². The molecule has 0 spiro atoms. The molecule has 0 unspecified atom stereocenters. The first kappa shape index (κ1) is 13.0. The predicted molar refractivity (Wildman–Crippen MR) is 61.2 cm³/mol. The van der Waals surface area contributed by atoms with E-state index < -0.39 is 11.8 Å². The highest BCUT2D eigenvalue weighted by atomic mass is 79.9. The zero-order valence-electron chi connectivity index (χ0n) is 9.05. The number of hydrogen-bond acceptors (Lipinski definition) is 3. The molecule has 16 heavy (non-hydrogen) atoms. The first-order valence-corrected chi connectivity index (χ1v) is 5.59. The van der Waals surface area contributed by atoms with Gasteiger partial charge in [0.25, 0.3) is 0 Å². The molecule has 0 saturated heterocycles. The second-order valence-electron chi connectivity index (χ2n) is 3.10. The molecular formula is C11H12BrFO3. The molecule has 0 fully saturated rings. The van der Waals surface area contributed by atoms with Crippen molar-refractivity contribution in [3.05, 3.63) is 28.0 Å². The maximum absolute atomic E-state index is 13.3. The lowest BCUT2D eigenvalue weighted by atomic mass is 10.2. The number of carbonyl (C=O) groups is 1. The Labute approximate surface area is 102 Å². The van der Waals surface area contributed by atoms with Gasteiger partial charge in [-0.15, -0.1) is 0 Å². The molecule has 0 aliphatic heterocycles. The van der Waals surface area contributed by atoms with E-state index in [0.717, 1.165) is 12.5 Å². The Morgan fingerprint density at radius 2 is 2.19 bits per heavy atom. The van der Waals surface area contributed by atoms with Crippen molar-refractivity contribution in [3.63, 3.8) is 0 Å². The molecule has 1 aromatic carbocycles. The molecule has 88 valence electrons. The van der Waals surface area contributed by atoms with Crippen LogP contribution in [-0.2, 0) is 4.74 Å². The fourth-order valence-electron chi connectivity index (χ4n) is 1.13. The Kier molecular flexibility index (Phi) is 4.73. The summed E-state index contributed by atoms with van der Waals surface area (Å²) in [6.45, 7) is 2.40. The van der Waals surface area contributed by atoms with Crippen molar-refractivity contribution >= 4 is 21.9 Å². The second-order valence-corrected chi connectivity index (χ2v) is 3.96. The molecule has 0 heterocycles. The molecule has 1 rings (SSSR count). The summed E-state index contributed by atoms with van der Waals surface area (Å²) in [4.78, 5) is 11.4. The molecule has 0 atom stereocenters. The maximum Gasteiger partial charge on any atom is 0.341 e. The van der Waals surface area contributed by atoms with Gasteiger partial charge in [0.15, 0.2) is 0 Å². The summed E-state index contributed by atoms with van der Waals surface area (Å²) < 4.78 is 23.4. The van der Waals surface area contributed by atoms with Gasteiger partial charge in [-0.3, -0.25) is 0 Å². The Morgan fingerprint density at radius 1 is 1.50 bits per heavy atom. The van der Waals surface area contributed by atoms with Gasteiger partial charge in [-0.05, 0) is 34.5 Å². The summed E-state index contributed by atoms with van der Waals surface area (Å²) in [5.74, 6) is -0.816. The molecule has 0 aliphatic rings. The average molecular weight is 291 g/mol. The predicted octanol–water partition coefficient (Wildman–Crippen LogP) is 3.16. The molecule has 0 aromatic heterocycles. The van der Waals surface area contributed by atoms with Gasteiger partial charge in [-0.1, -0.05) is 6.92 Å². The Hall–Kier alpha value is -1.10. The van der Waals surface area contributed by atoms with Crippen molar-refractivity contribution in [1.29, 1.82) is 0 Å². The molecule has 0 bridgehead atoms. The third-order valence-corrected chi connectivity index (χ3v) is 2.50. The topological polar surface area (TPSA) is 35.5 Å². The smallest absolute Gasteiger partial charge is 0.341 e. The molecule has 1 aromatic rings. The Bertz CT molecular complexity index is 393. The van der Waals surface area contributed by atoms with Crippen LogP contribution in [0.4, 0.5) is 4.39 Å². The van der Waals surface area contributed by atoms with Gasteiger partial charge >= 0.3 is 5.97 Å². The number of rotatable bonds is 4. The van der Waals surface area contributed by atoms with Crippen LogP contribution in [0.3, 0.4) is 0 Å². The molecule has 3 nitrogen and oxygen atoms in total. The van der Waals surface area contributed by atoms with Gasteiger partial charge < -0.3 is 9.47 Å². The molecule has 0 saturated carbocycles. The van der Waals surface area contributed by atoms with Crippen LogP contribution in [0.2, 0.25) is 0 Å². The number of halogens is 2. The Balaban J connectivity index is 3.11. The van der Waals surface area contributed by atoms with Gasteiger partial charge in [0.2, 0.25) is 0 Å². The zero-order valence-corrected chi connectivity index (χ0v) is 10.6. The van der Waals surface area contributed by atoms with Crippen LogP contribution in [0.25, 0.3) is 0 Å². The largest absolute Gasteiger partial charge is 0.493 e. The molecule has 0 amide bonds. The van der Waals surface area contributed by atoms with Crippen LogP contribution in [-0.4, -0.2) is 19.7 Å². The fourth-order valence-corrected chi connectivity index (χ4v) is 1.45. The lowest BCUT2D eigenvalue weighted by Gasteiger charge is -2.10. The number of ether oxygens (including phenoxy) is 2. The number of benzene rings is 1. The molecule has 0 aliphatic carbocycles. The fraction of sp³-hybridized carbons (Fsp3) is 0.364. The van der Waals surface area contributed by atoms with E-state index in [1.165, 1.54) is 13.2 Å². The summed E-state index contributed by atoms with van der Waals surface area (Å²) in [6, 6.07) is 2.53. The Morgan fingerprint density at radius 3 is 2.75 bits per heavy atom. The van der Waals surface area contributed by atoms with Gasteiger partial charge in [0.05, 0.1) is 18.2 Å². The van der Waals surface area contributed by atoms with Crippen LogP contribution in [0.5, 0.6) is 5.75 Å². The van der Waals surface area contributed by atoms with Crippen LogP contribution in [0, 0.1) is 5.82 Å². The minimum absolute atomic E-state index is 0.0941. The highest BCUT2D eigenvalue weighted by molar-refractivity contribution is 9.10. The molecular weight excluding hydrogens is 279 g/mol. The van der Waals surface area contributed by atoms with E-state index in [0.29, 0.717) is 12.4 Å². The molecule has 0 N–H and O–H groups in total. The van der Waals surface area contributed by atoms with E-state index in [-0.39, 0.29) is 10.0 Å². The number of carbonyl (C=O) groups excluding carboxylic acids is 1. The monoisotopic (exact) mass is 290 g/mol. The normalized spacial score (nSPS) is 10.0. The van der Waals surface area contributed by atoms with E-state index in [1.54, 1.807) is 0 Å². The zero-order chi connectivity index (χ0) is 12.1. The van der Waals surface area contributed by atoms with Crippen molar-refractivity contribution in [2.45, 2.75) is 13.3 Å². The standard InChI is InChI=1S/C11H12BrFO3/c1-3-4-16-10-6-8(12)9(13)5-7(10)11(14)15-2/h5-6H,3-4H2,1-2H3. The van der Waals surface area contributed by atoms with Crippen LogP contribution >= 0.6 is 15.9 Å². The SMILES string of the molecule is CCCOc1cc(Br)c(F)cc1C(=O)OC. The summed E-state index contributed by atoms with van der Waals surface area (Å²) >= 11 is 3.04. The third kappa shape index (κ3) is 2.95. The number of methoxy groups -OCH3 is 1. The van der Waals surface area contributed by atoms with Crippen LogP contribution in [0.15, 0.2) is 16.6 Å².